The molecule has 0 aliphatic heterocycles. The van der Waals surface area contributed by atoms with Crippen LogP contribution in [0.5, 0.6) is 11.5 Å². The topological polar surface area (TPSA) is 150 Å². The van der Waals surface area contributed by atoms with Crippen LogP contribution in [-0.2, 0) is 27.2 Å². The van der Waals surface area contributed by atoms with Crippen LogP contribution < -0.4 is 30.3 Å². The molecule has 0 bridgehead atoms. The lowest BCUT2D eigenvalue weighted by molar-refractivity contribution is -0.138. The molecule has 0 atom stereocenters. The molecular formula is C38H43N5O7. The molecule has 0 heterocycles. The van der Waals surface area contributed by atoms with Crippen LogP contribution in [0.1, 0.15) is 23.1 Å². The van der Waals surface area contributed by atoms with Crippen LogP contribution in [0.4, 0.5) is 27.5 Å². The van der Waals surface area contributed by atoms with E-state index < -0.39 is 5.97 Å². The van der Waals surface area contributed by atoms with Crippen molar-refractivity contribution in [1.29, 1.82) is 0 Å². The van der Waals surface area contributed by atoms with Crippen LogP contribution in [0.25, 0.3) is 0 Å². The van der Waals surface area contributed by atoms with Gasteiger partial charge in [0.25, 0.3) is 0 Å². The van der Waals surface area contributed by atoms with E-state index in [1.54, 1.807) is 57.7 Å². The molecule has 0 aliphatic carbocycles. The number of aryl methyl sites for hydroxylation is 1. The fourth-order valence-corrected chi connectivity index (χ4v) is 5.12. The quantitative estimate of drug-likeness (QED) is 0.116. The van der Waals surface area contributed by atoms with E-state index in [1.165, 1.54) is 4.90 Å². The second-order valence-corrected chi connectivity index (χ2v) is 11.7. The number of methoxy groups -OCH3 is 2. The number of benzene rings is 4. The van der Waals surface area contributed by atoms with Crippen molar-refractivity contribution in [3.8, 4) is 11.5 Å². The molecule has 262 valence electrons. The largest absolute Gasteiger partial charge is 0.493 e. The Morgan fingerprint density at radius 1 is 0.740 bits per heavy atom. The van der Waals surface area contributed by atoms with Gasteiger partial charge in [-0.05, 0) is 84.6 Å². The Hall–Kier alpha value is -6.04. The molecule has 0 saturated heterocycles. The van der Waals surface area contributed by atoms with Crippen molar-refractivity contribution in [3.05, 3.63) is 108 Å². The van der Waals surface area contributed by atoms with Gasteiger partial charge in [-0.2, -0.15) is 0 Å². The molecule has 4 amide bonds. The van der Waals surface area contributed by atoms with E-state index in [2.05, 4.69) is 16.0 Å². The van der Waals surface area contributed by atoms with Gasteiger partial charge in [0.1, 0.15) is 0 Å². The second-order valence-electron chi connectivity index (χ2n) is 11.7. The predicted octanol–water partition coefficient (Wildman–Crippen LogP) is 5.82. The van der Waals surface area contributed by atoms with Crippen molar-refractivity contribution in [3.63, 3.8) is 0 Å². The van der Waals surface area contributed by atoms with Gasteiger partial charge in [-0.25, -0.2) is 4.79 Å². The van der Waals surface area contributed by atoms with Crippen molar-refractivity contribution < 1.29 is 33.8 Å². The zero-order valence-electron chi connectivity index (χ0n) is 28.7. The molecular weight excluding hydrogens is 638 g/mol. The van der Waals surface area contributed by atoms with Crippen LogP contribution in [-0.4, -0.2) is 74.7 Å². The van der Waals surface area contributed by atoms with Gasteiger partial charge in [0.2, 0.25) is 11.8 Å². The van der Waals surface area contributed by atoms with E-state index in [4.69, 9.17) is 14.6 Å². The first-order valence-corrected chi connectivity index (χ1v) is 16.1. The SMILES string of the molecule is COc1ccc(CCN(CC(=O)N(C)CCC(=O)O)c2ccc(NC(=O)Cc3ccc(NC(=O)Nc4ccccc4C)cc3)cc2)cc1OC. The summed E-state index contributed by atoms with van der Waals surface area (Å²) < 4.78 is 10.8. The standard InChI is InChI=1S/C38H43N5O7/c1-26-7-5-6-8-32(26)41-38(48)40-30-12-9-27(10-13-30)24-35(44)39-29-14-16-31(17-15-29)43(25-36(45)42(2)21-20-37(46)47)22-19-28-11-18-33(49-3)34(23-28)50-4/h5-18,23H,19-22,24-25H2,1-4H3,(H,39,44)(H,46,47)(H2,40,41,48). The van der Waals surface area contributed by atoms with Gasteiger partial charge in [0.15, 0.2) is 11.5 Å². The number of amides is 4. The highest BCUT2D eigenvalue weighted by molar-refractivity contribution is 6.00. The Labute approximate surface area is 292 Å². The molecule has 0 aromatic heterocycles. The Morgan fingerprint density at radius 3 is 2.04 bits per heavy atom. The maximum atomic E-state index is 13.1. The number of carboxylic acid groups (broad SMARTS) is 1. The maximum absolute atomic E-state index is 13.1. The Bertz CT molecular complexity index is 1780. The fourth-order valence-electron chi connectivity index (χ4n) is 5.12. The molecule has 4 rings (SSSR count). The number of rotatable bonds is 16. The maximum Gasteiger partial charge on any atom is 0.323 e. The zero-order chi connectivity index (χ0) is 36.0. The molecule has 50 heavy (non-hydrogen) atoms. The molecule has 4 aromatic carbocycles. The van der Waals surface area contributed by atoms with Crippen LogP contribution in [0.3, 0.4) is 0 Å². The summed E-state index contributed by atoms with van der Waals surface area (Å²) in [5.41, 5.74) is 5.39. The fraction of sp³-hybridized carbons (Fsp3) is 0.263. The first-order valence-electron chi connectivity index (χ1n) is 16.1. The molecule has 0 unspecified atom stereocenters. The molecule has 0 aliphatic rings. The first kappa shape index (κ1) is 36.8. The number of nitrogens with one attached hydrogen (secondary N) is 3. The number of hydrogen-bond acceptors (Lipinski definition) is 7. The predicted molar refractivity (Wildman–Crippen MR) is 194 cm³/mol. The van der Waals surface area contributed by atoms with Gasteiger partial charge in [-0.3, -0.25) is 14.4 Å². The first-order chi connectivity index (χ1) is 24.0. The summed E-state index contributed by atoms with van der Waals surface area (Å²) in [6, 6.07) is 27.1. The Morgan fingerprint density at radius 2 is 1.38 bits per heavy atom. The van der Waals surface area contributed by atoms with Gasteiger partial charge in [-0.1, -0.05) is 36.4 Å². The minimum Gasteiger partial charge on any atom is -0.493 e. The number of para-hydroxylation sites is 1. The van der Waals surface area contributed by atoms with Crippen molar-refractivity contribution in [2.45, 2.75) is 26.2 Å². The lowest BCUT2D eigenvalue weighted by Crippen LogP contribution is -2.40. The summed E-state index contributed by atoms with van der Waals surface area (Å²) in [4.78, 5) is 52.7. The van der Waals surface area contributed by atoms with Crippen LogP contribution >= 0.6 is 0 Å². The van der Waals surface area contributed by atoms with Gasteiger partial charge in [-0.15, -0.1) is 0 Å². The Balaban J connectivity index is 1.36. The summed E-state index contributed by atoms with van der Waals surface area (Å²) in [6.07, 6.45) is 0.581. The van der Waals surface area contributed by atoms with Crippen molar-refractivity contribution in [1.82, 2.24) is 4.90 Å². The number of aliphatic carboxylic acids is 1. The normalized spacial score (nSPS) is 10.5. The Kier molecular flexibility index (Phi) is 13.2. The third-order valence-electron chi connectivity index (χ3n) is 8.02. The summed E-state index contributed by atoms with van der Waals surface area (Å²) in [5.74, 6) is -0.177. The molecule has 4 N–H and O–H groups in total. The highest BCUT2D eigenvalue weighted by atomic mass is 16.5. The summed E-state index contributed by atoms with van der Waals surface area (Å²) >= 11 is 0. The minimum absolute atomic E-state index is 0.0352. The number of carbonyl (C=O) groups is 4. The highest BCUT2D eigenvalue weighted by Crippen LogP contribution is 2.28. The monoisotopic (exact) mass is 681 g/mol. The molecule has 4 aromatic rings. The second kappa shape index (κ2) is 17.9. The third-order valence-corrected chi connectivity index (χ3v) is 8.02. The summed E-state index contributed by atoms with van der Waals surface area (Å²) in [5, 5.41) is 17.6. The number of carboxylic acids is 1. The molecule has 12 heteroatoms. The number of urea groups is 1. The van der Waals surface area contributed by atoms with E-state index in [1.807, 2.05) is 66.4 Å². The molecule has 12 nitrogen and oxygen atoms in total. The van der Waals surface area contributed by atoms with Crippen LogP contribution in [0.2, 0.25) is 0 Å². The van der Waals surface area contributed by atoms with E-state index >= 15 is 0 Å². The highest BCUT2D eigenvalue weighted by Gasteiger charge is 2.17. The van der Waals surface area contributed by atoms with E-state index in [0.717, 1.165) is 28.1 Å². The molecule has 0 spiro atoms. The molecule has 0 saturated carbocycles. The van der Waals surface area contributed by atoms with E-state index in [-0.39, 0.29) is 43.8 Å². The molecule has 0 fully saturated rings. The number of nitrogens with zero attached hydrogens (tertiary/aromatic N) is 2. The number of anilines is 4. The van der Waals surface area contributed by atoms with Crippen molar-refractivity contribution in [2.75, 3.05) is 61.8 Å². The van der Waals surface area contributed by atoms with E-state index in [9.17, 15) is 19.2 Å². The van der Waals surface area contributed by atoms with Gasteiger partial charge >= 0.3 is 12.0 Å². The van der Waals surface area contributed by atoms with Crippen molar-refractivity contribution >= 4 is 46.6 Å². The van der Waals surface area contributed by atoms with Gasteiger partial charge in [0, 0.05) is 42.9 Å². The lowest BCUT2D eigenvalue weighted by Gasteiger charge is -2.27. The smallest absolute Gasteiger partial charge is 0.323 e. The average Bonchev–Trinajstić information content (AvgIpc) is 3.10. The zero-order valence-corrected chi connectivity index (χ0v) is 28.7. The van der Waals surface area contributed by atoms with Crippen molar-refractivity contribution in [2.24, 2.45) is 0 Å². The molecule has 0 radical (unpaired) electrons. The number of likely N-dealkylation sites (N-methyl/N-ethyl adjacent to an activating group) is 1. The minimum atomic E-state index is -0.972. The lowest BCUT2D eigenvalue weighted by atomic mass is 10.1. The number of ether oxygens (including phenoxy) is 2. The van der Waals surface area contributed by atoms with Gasteiger partial charge < -0.3 is 40.3 Å². The van der Waals surface area contributed by atoms with E-state index in [0.29, 0.717) is 35.8 Å². The average molecular weight is 682 g/mol. The summed E-state index contributed by atoms with van der Waals surface area (Å²) in [6.45, 7) is 2.54. The van der Waals surface area contributed by atoms with Crippen LogP contribution in [0.15, 0.2) is 91.0 Å². The number of carbonyl (C=O) groups excluding carboxylic acids is 3. The van der Waals surface area contributed by atoms with Gasteiger partial charge in [0.05, 0.1) is 33.6 Å². The third kappa shape index (κ3) is 11.0. The number of hydrogen-bond donors (Lipinski definition) is 4. The summed E-state index contributed by atoms with van der Waals surface area (Å²) in [7, 11) is 4.73. The van der Waals surface area contributed by atoms with Crippen LogP contribution in [0, 0.1) is 6.92 Å².